The van der Waals surface area contributed by atoms with Gasteiger partial charge in [-0.3, -0.25) is 43.2 Å². The Labute approximate surface area is 584 Å². The topological polar surface area (TPSA) is 329 Å². The second-order valence-corrected chi connectivity index (χ2v) is 26.3. The number of carbonyl (C=O) groups excluding carboxylic acids is 11. The van der Waals surface area contributed by atoms with Crippen molar-refractivity contribution in [1.82, 2.24) is 41.0 Å². The molecule has 1 saturated heterocycles. The van der Waals surface area contributed by atoms with E-state index in [1.165, 1.54) is 52.5 Å². The highest BCUT2D eigenvalue weighted by atomic mass is 32.2. The molecule has 5 heterocycles. The van der Waals surface area contributed by atoms with Crippen LogP contribution >= 0.6 is 11.8 Å². The molecule has 7 aromatic rings. The van der Waals surface area contributed by atoms with Gasteiger partial charge in [-0.15, -0.1) is 0 Å². The SMILES string of the molecule is CCCCC(=O)N[C@H]1CCc2c(C)c(F)cc3nc4c(c1c23)Cn1c-4cc2c(c1=O)COC(=O)[C@@]2(CC)OC(=O)c1ccccc1CN(C)C(=O)OCc1ccc(NC(=O)CNC(=O)[C@H](Cc2ccccc2)NC(=O)CNC(=O)CNC(=O)c2cc(C)cc(N3C(=O)CC(SC)C3=O)c2)cc1. The Hall–Kier alpha value is -11.1. The van der Waals surface area contributed by atoms with Crippen molar-refractivity contribution in [3.05, 3.63) is 192 Å². The Morgan fingerprint density at radius 1 is 0.812 bits per heavy atom. The number of imide groups is 1. The number of pyridine rings is 2. The Morgan fingerprint density at radius 2 is 1.54 bits per heavy atom. The molecule has 1 unspecified atom stereocenters. The normalized spacial score (nSPS) is 16.6. The molecule has 1 aliphatic carbocycles. The summed E-state index contributed by atoms with van der Waals surface area (Å²) in [5.74, 6) is -6.64. The van der Waals surface area contributed by atoms with E-state index < -0.39 is 114 Å². The van der Waals surface area contributed by atoms with Crippen LogP contribution in [-0.2, 0) is 97.3 Å². The molecule has 25 nitrogen and oxygen atoms in total. The van der Waals surface area contributed by atoms with Gasteiger partial charge in [0.2, 0.25) is 47.0 Å². The molecule has 0 saturated carbocycles. The number of unbranched alkanes of at least 4 members (excludes halogenated alkanes) is 1. The number of hydrogen-bond acceptors (Lipinski definition) is 17. The third kappa shape index (κ3) is 15.2. The van der Waals surface area contributed by atoms with Crippen LogP contribution in [0.25, 0.3) is 22.3 Å². The lowest BCUT2D eigenvalue weighted by molar-refractivity contribution is -0.173. The number of esters is 2. The average molecular weight is 1400 g/mol. The number of fused-ring (bicyclic) bond motifs is 5. The van der Waals surface area contributed by atoms with Crippen LogP contribution in [0.4, 0.5) is 20.6 Å². The van der Waals surface area contributed by atoms with Crippen molar-refractivity contribution in [2.24, 2.45) is 0 Å². The lowest BCUT2D eigenvalue weighted by Crippen LogP contribution is -2.52. The second kappa shape index (κ2) is 30.6. The smallest absolute Gasteiger partial charge is 0.410 e. The van der Waals surface area contributed by atoms with Gasteiger partial charge in [0.1, 0.15) is 25.1 Å². The molecule has 11 rings (SSSR count). The molecule has 3 aliphatic heterocycles. The molecule has 0 bridgehead atoms. The minimum Gasteiger partial charge on any atom is -0.457 e. The molecule has 6 N–H and O–H groups in total. The van der Waals surface area contributed by atoms with E-state index in [9.17, 15) is 57.5 Å². The first kappa shape index (κ1) is 71.2. The van der Waals surface area contributed by atoms with Crippen LogP contribution in [0.3, 0.4) is 0 Å². The largest absolute Gasteiger partial charge is 0.457 e. The fourth-order valence-electron chi connectivity index (χ4n) is 13.2. The Balaban J connectivity index is 0.676. The summed E-state index contributed by atoms with van der Waals surface area (Å²) >= 11 is 1.26. The van der Waals surface area contributed by atoms with Crippen LogP contribution in [0, 0.1) is 19.7 Å². The van der Waals surface area contributed by atoms with Crippen LogP contribution in [0.5, 0.6) is 0 Å². The van der Waals surface area contributed by atoms with Crippen molar-refractivity contribution < 1.29 is 71.3 Å². The number of aryl methyl sites for hydroxylation is 2. The number of benzene rings is 5. The van der Waals surface area contributed by atoms with Crippen molar-refractivity contribution in [3.8, 4) is 11.4 Å². The molecule has 4 aliphatic rings. The lowest BCUT2D eigenvalue weighted by Gasteiger charge is -2.35. The summed E-state index contributed by atoms with van der Waals surface area (Å²) in [5.41, 5.74) is 4.19. The first-order valence-electron chi connectivity index (χ1n) is 33.1. The van der Waals surface area contributed by atoms with Crippen LogP contribution in [0.1, 0.15) is 135 Å². The summed E-state index contributed by atoms with van der Waals surface area (Å²) in [6, 6.07) is 27.3. The van der Waals surface area contributed by atoms with Gasteiger partial charge in [-0.1, -0.05) is 80.9 Å². The van der Waals surface area contributed by atoms with E-state index in [-0.39, 0.29) is 78.7 Å². The number of cyclic esters (lactones) is 1. The van der Waals surface area contributed by atoms with E-state index in [1.54, 1.807) is 112 Å². The minimum absolute atomic E-state index is 0.00640. The van der Waals surface area contributed by atoms with Crippen LogP contribution in [-0.4, -0.2) is 124 Å². The predicted octanol–water partition coefficient (Wildman–Crippen LogP) is 7.09. The number of amides is 9. The third-order valence-electron chi connectivity index (χ3n) is 18.4. The second-order valence-electron chi connectivity index (χ2n) is 25.3. The highest BCUT2D eigenvalue weighted by molar-refractivity contribution is 8.00. The molecule has 27 heteroatoms. The predicted molar refractivity (Wildman–Crippen MR) is 370 cm³/mol. The van der Waals surface area contributed by atoms with Crippen LogP contribution < -0.4 is 42.4 Å². The fourth-order valence-corrected chi connectivity index (χ4v) is 13.8. The van der Waals surface area contributed by atoms with Gasteiger partial charge >= 0.3 is 18.0 Å². The number of anilines is 2. The highest BCUT2D eigenvalue weighted by Crippen LogP contribution is 2.47. The van der Waals surface area contributed by atoms with Gasteiger partial charge in [0, 0.05) is 66.7 Å². The summed E-state index contributed by atoms with van der Waals surface area (Å²) in [5, 5.41) is 16.1. The zero-order valence-electron chi connectivity index (χ0n) is 56.4. The zero-order chi connectivity index (χ0) is 72.0. The number of nitrogens with zero attached hydrogens (tertiary/aromatic N) is 4. The van der Waals surface area contributed by atoms with E-state index in [2.05, 4.69) is 31.9 Å². The number of aromatic nitrogens is 2. The third-order valence-corrected chi connectivity index (χ3v) is 19.4. The summed E-state index contributed by atoms with van der Waals surface area (Å²) in [7, 11) is 1.46. The molecule has 9 amide bonds. The molecular formula is C74H75FN10O15S. The Kier molecular flexibility index (Phi) is 21.6. The molecule has 5 aromatic carbocycles. The number of ether oxygens (including phenoxy) is 3. The maximum Gasteiger partial charge on any atom is 0.410 e. The van der Waals surface area contributed by atoms with Crippen molar-refractivity contribution in [2.75, 3.05) is 43.2 Å². The molecule has 524 valence electrons. The number of rotatable bonds is 25. The van der Waals surface area contributed by atoms with Gasteiger partial charge < -0.3 is 55.6 Å². The standard InChI is InChI=1S/C74H75FN10O15S/c1-7-9-19-59(86)80-54-25-24-48-41(4)53(75)31-55-64(48)65(54)50-37-84-57(66(50)82-55)30-52-51(69(84)93)39-98-72(96)74(52,8-2)100-71(95)49-18-14-13-17-44(49)36-83(5)73(97)99-38-43-20-22-46(23-21-43)79-61(88)35-78-68(92)56(28-42-15-11-10-12-16-42)81-62(89)34-76-60(87)33-77-67(91)45-26-40(3)27-47(29-45)85-63(90)32-58(101-6)70(85)94/h10-18,20-23,26-27,29-31,54,56,58H,7-9,19,24-25,28,32-39H2,1-6H3,(H,76,87)(H,77,91)(H,78,92)(H,79,88)(H,80,86)(H,81,89)/t54-,56-,58?,74-/m0/s1. The monoisotopic (exact) mass is 1390 g/mol. The van der Waals surface area contributed by atoms with E-state index in [0.717, 1.165) is 27.8 Å². The van der Waals surface area contributed by atoms with Crippen molar-refractivity contribution in [3.63, 3.8) is 0 Å². The quantitative estimate of drug-likeness (QED) is 0.0189. The van der Waals surface area contributed by atoms with Crippen molar-refractivity contribution in [2.45, 2.75) is 128 Å². The van der Waals surface area contributed by atoms with Gasteiger partial charge in [0.05, 0.1) is 71.2 Å². The van der Waals surface area contributed by atoms with Gasteiger partial charge in [0.25, 0.3) is 11.5 Å². The molecule has 2 aromatic heterocycles. The first-order chi connectivity index (χ1) is 48.5. The number of halogens is 1. The summed E-state index contributed by atoms with van der Waals surface area (Å²) in [6.45, 7) is 4.74. The molecule has 0 radical (unpaired) electrons. The highest BCUT2D eigenvalue weighted by Gasteiger charge is 2.51. The van der Waals surface area contributed by atoms with Crippen LogP contribution in [0.2, 0.25) is 0 Å². The van der Waals surface area contributed by atoms with E-state index in [1.807, 2.05) is 6.92 Å². The molecule has 1 fully saturated rings. The first-order valence-corrected chi connectivity index (χ1v) is 34.4. The van der Waals surface area contributed by atoms with Gasteiger partial charge in [-0.05, 0) is 127 Å². The summed E-state index contributed by atoms with van der Waals surface area (Å²) in [6.07, 6.45) is 3.74. The molecule has 101 heavy (non-hydrogen) atoms. The maximum atomic E-state index is 15.6. The molecule has 4 atom stereocenters. The number of carbonyl (C=O) groups is 11. The van der Waals surface area contributed by atoms with E-state index in [0.29, 0.717) is 81.7 Å². The van der Waals surface area contributed by atoms with E-state index in [4.69, 9.17) is 19.2 Å². The molecular weight excluding hydrogens is 1320 g/mol. The maximum absolute atomic E-state index is 15.6. The van der Waals surface area contributed by atoms with Crippen molar-refractivity contribution in [1.29, 1.82) is 0 Å². The minimum atomic E-state index is -2.11. The molecule has 0 spiro atoms. The Bertz CT molecular complexity index is 4600. The zero-order valence-corrected chi connectivity index (χ0v) is 57.2. The number of hydrogen-bond donors (Lipinski definition) is 6. The van der Waals surface area contributed by atoms with Gasteiger partial charge in [0.15, 0.2) is 0 Å². The Morgan fingerprint density at radius 3 is 2.28 bits per heavy atom. The van der Waals surface area contributed by atoms with Gasteiger partial charge in [-0.25, -0.2) is 28.7 Å². The number of nitrogens with one attached hydrogen (secondary N) is 6. The average Bonchev–Trinajstić information content (AvgIpc) is 1.60. The van der Waals surface area contributed by atoms with Crippen molar-refractivity contribution >= 4 is 99.3 Å². The van der Waals surface area contributed by atoms with E-state index >= 15 is 4.39 Å². The lowest BCUT2D eigenvalue weighted by atomic mass is 9.81. The fraction of sp³-hybridized carbons (Fsp3) is 0.338. The van der Waals surface area contributed by atoms with Gasteiger partial charge in [-0.2, -0.15) is 11.8 Å². The summed E-state index contributed by atoms with van der Waals surface area (Å²) < 4.78 is 34.7. The van der Waals surface area contributed by atoms with Crippen LogP contribution in [0.15, 0.2) is 114 Å². The number of thioether (sulfide) groups is 1. The summed E-state index contributed by atoms with van der Waals surface area (Å²) in [4.78, 5) is 169.